The molecular weight excluding hydrogens is 332 g/mol. The van der Waals surface area contributed by atoms with Gasteiger partial charge in [-0.05, 0) is 31.0 Å². The average molecular weight is 348 g/mol. The molecule has 0 unspecified atom stereocenters. The van der Waals surface area contributed by atoms with Gasteiger partial charge in [0.1, 0.15) is 0 Å². The van der Waals surface area contributed by atoms with Crippen LogP contribution in [0, 0.1) is 10.1 Å². The highest BCUT2D eigenvalue weighted by molar-refractivity contribution is 7.92. The number of nitrogens with one attached hydrogen (secondary N) is 1. The zero-order valence-corrected chi connectivity index (χ0v) is 13.6. The summed E-state index contributed by atoms with van der Waals surface area (Å²) in [5.41, 5.74) is -0.144. The maximum Gasteiger partial charge on any atom is 0.289 e. The number of nitro benzene ring substituents is 1. The van der Waals surface area contributed by atoms with Crippen LogP contribution in [0.4, 0.5) is 17.2 Å². The monoisotopic (exact) mass is 348 g/mol. The van der Waals surface area contributed by atoms with Crippen molar-refractivity contribution < 1.29 is 13.3 Å². The van der Waals surface area contributed by atoms with E-state index in [4.69, 9.17) is 0 Å². The summed E-state index contributed by atoms with van der Waals surface area (Å²) in [6, 6.07) is 8.48. The molecule has 1 N–H and O–H groups in total. The predicted molar refractivity (Wildman–Crippen MR) is 89.6 cm³/mol. The van der Waals surface area contributed by atoms with E-state index in [1.807, 2.05) is 4.90 Å². The molecule has 1 aromatic heterocycles. The van der Waals surface area contributed by atoms with Crippen molar-refractivity contribution in [3.63, 3.8) is 0 Å². The van der Waals surface area contributed by atoms with E-state index in [-0.39, 0.29) is 4.90 Å². The molecule has 1 fully saturated rings. The van der Waals surface area contributed by atoms with Gasteiger partial charge in [0.05, 0.1) is 10.6 Å². The van der Waals surface area contributed by atoms with E-state index in [1.165, 1.54) is 24.3 Å². The number of hydrogen-bond acceptors (Lipinski definition) is 6. The largest absolute Gasteiger partial charge is 0.355 e. The van der Waals surface area contributed by atoms with Gasteiger partial charge in [-0.25, -0.2) is 13.4 Å². The molecule has 0 aliphatic carbocycles. The Hall–Kier alpha value is -2.68. The van der Waals surface area contributed by atoms with Gasteiger partial charge >= 0.3 is 0 Å². The van der Waals surface area contributed by atoms with Gasteiger partial charge in [-0.2, -0.15) is 0 Å². The van der Waals surface area contributed by atoms with Crippen molar-refractivity contribution >= 4 is 27.2 Å². The molecule has 8 nitrogen and oxygen atoms in total. The smallest absolute Gasteiger partial charge is 0.289 e. The van der Waals surface area contributed by atoms with Crippen LogP contribution in [-0.2, 0) is 10.0 Å². The molecule has 9 heteroatoms. The lowest BCUT2D eigenvalue weighted by Crippen LogP contribution is -2.22. The Labute approximate surface area is 139 Å². The Morgan fingerprint density at radius 3 is 2.54 bits per heavy atom. The summed E-state index contributed by atoms with van der Waals surface area (Å²) in [6.07, 6.45) is 3.64. The highest BCUT2D eigenvalue weighted by atomic mass is 32.2. The Kier molecular flexibility index (Phi) is 4.34. The van der Waals surface area contributed by atoms with Gasteiger partial charge in [0.15, 0.2) is 10.7 Å². The minimum Gasteiger partial charge on any atom is -0.355 e. The summed E-state index contributed by atoms with van der Waals surface area (Å²) in [7, 11) is -4.10. The molecule has 0 spiro atoms. The first-order chi connectivity index (χ1) is 11.5. The fourth-order valence-corrected chi connectivity index (χ4v) is 3.93. The van der Waals surface area contributed by atoms with Gasteiger partial charge in [-0.15, -0.1) is 0 Å². The molecule has 1 aromatic carbocycles. The molecule has 3 rings (SSSR count). The molecule has 0 bridgehead atoms. The van der Waals surface area contributed by atoms with Crippen molar-refractivity contribution in [2.45, 2.75) is 17.7 Å². The molecule has 1 saturated heterocycles. The number of sulfonamides is 1. The second-order valence-electron chi connectivity index (χ2n) is 5.40. The number of benzene rings is 1. The van der Waals surface area contributed by atoms with Crippen molar-refractivity contribution in [2.24, 2.45) is 0 Å². The van der Waals surface area contributed by atoms with Gasteiger partial charge < -0.3 is 4.90 Å². The topological polar surface area (TPSA) is 105 Å². The van der Waals surface area contributed by atoms with Crippen LogP contribution in [-0.4, -0.2) is 31.4 Å². The highest BCUT2D eigenvalue weighted by Crippen LogP contribution is 2.30. The van der Waals surface area contributed by atoms with Crippen molar-refractivity contribution in [1.82, 2.24) is 4.98 Å². The molecule has 126 valence electrons. The minimum absolute atomic E-state index is 0.317. The van der Waals surface area contributed by atoms with Crippen LogP contribution in [0.2, 0.25) is 0 Å². The SMILES string of the molecule is O=[N+]([O-])c1ccccc1S(=O)(=O)Nc1cccnc1N1CCCC1. The third-order valence-electron chi connectivity index (χ3n) is 3.79. The zero-order valence-electron chi connectivity index (χ0n) is 12.8. The number of nitro groups is 1. The van der Waals surface area contributed by atoms with E-state index in [9.17, 15) is 18.5 Å². The average Bonchev–Trinajstić information content (AvgIpc) is 3.09. The molecule has 24 heavy (non-hydrogen) atoms. The summed E-state index contributed by atoms with van der Waals surface area (Å²) < 4.78 is 27.7. The summed E-state index contributed by atoms with van der Waals surface area (Å²) >= 11 is 0. The molecule has 0 radical (unpaired) electrons. The van der Waals surface area contributed by atoms with Crippen LogP contribution in [0.15, 0.2) is 47.5 Å². The third kappa shape index (κ3) is 3.16. The number of pyridine rings is 1. The predicted octanol–water partition coefficient (Wildman–Crippen LogP) is 2.39. The minimum atomic E-state index is -4.10. The maximum atomic E-state index is 12.6. The first kappa shape index (κ1) is 16.2. The van der Waals surface area contributed by atoms with Gasteiger partial charge in [-0.1, -0.05) is 12.1 Å². The maximum absolute atomic E-state index is 12.6. The lowest BCUT2D eigenvalue weighted by Gasteiger charge is -2.20. The molecule has 2 aromatic rings. The number of rotatable bonds is 5. The first-order valence-corrected chi connectivity index (χ1v) is 8.93. The molecule has 1 aliphatic rings. The molecule has 1 aliphatic heterocycles. The zero-order chi connectivity index (χ0) is 17.2. The van der Waals surface area contributed by atoms with Crippen LogP contribution >= 0.6 is 0 Å². The summed E-state index contributed by atoms with van der Waals surface area (Å²) in [5.74, 6) is 0.539. The van der Waals surface area contributed by atoms with E-state index >= 15 is 0 Å². The van der Waals surface area contributed by atoms with Crippen LogP contribution < -0.4 is 9.62 Å². The molecule has 0 amide bonds. The van der Waals surface area contributed by atoms with Gasteiger partial charge in [0.25, 0.3) is 15.7 Å². The molecule has 0 saturated carbocycles. The second-order valence-corrected chi connectivity index (χ2v) is 7.05. The van der Waals surface area contributed by atoms with Gasteiger partial charge in [-0.3, -0.25) is 14.8 Å². The van der Waals surface area contributed by atoms with Crippen molar-refractivity contribution in [3.05, 3.63) is 52.7 Å². The van der Waals surface area contributed by atoms with Crippen LogP contribution in [0.1, 0.15) is 12.8 Å². The van der Waals surface area contributed by atoms with E-state index in [2.05, 4.69) is 9.71 Å². The number of nitrogens with zero attached hydrogens (tertiary/aromatic N) is 3. The fourth-order valence-electron chi connectivity index (χ4n) is 2.69. The fraction of sp³-hybridized carbons (Fsp3) is 0.267. The van der Waals surface area contributed by atoms with E-state index in [0.717, 1.165) is 25.9 Å². The lowest BCUT2D eigenvalue weighted by molar-refractivity contribution is -0.387. The van der Waals surface area contributed by atoms with E-state index in [1.54, 1.807) is 18.3 Å². The molecule has 2 heterocycles. The standard InChI is InChI=1S/C15H16N4O4S/c20-19(21)13-7-1-2-8-14(13)24(22,23)17-12-6-5-9-16-15(12)18-10-3-4-11-18/h1-2,5-9,17H,3-4,10-11H2. The summed E-state index contributed by atoms with van der Waals surface area (Å²) in [4.78, 5) is 16.3. The van der Waals surface area contributed by atoms with Crippen LogP contribution in [0.3, 0.4) is 0 Å². The number of hydrogen-bond donors (Lipinski definition) is 1. The van der Waals surface area contributed by atoms with Gasteiger partial charge in [0.2, 0.25) is 0 Å². The Morgan fingerprint density at radius 1 is 1.12 bits per heavy atom. The molecule has 0 atom stereocenters. The lowest BCUT2D eigenvalue weighted by atomic mass is 10.3. The van der Waals surface area contributed by atoms with Crippen LogP contribution in [0.25, 0.3) is 0 Å². The normalized spacial score (nSPS) is 14.6. The highest BCUT2D eigenvalue weighted by Gasteiger charge is 2.27. The van der Waals surface area contributed by atoms with Crippen LogP contribution in [0.5, 0.6) is 0 Å². The second kappa shape index (κ2) is 6.44. The quantitative estimate of drug-likeness (QED) is 0.657. The number of anilines is 2. The van der Waals surface area contributed by atoms with Crippen molar-refractivity contribution in [3.8, 4) is 0 Å². The Morgan fingerprint density at radius 2 is 1.83 bits per heavy atom. The number of para-hydroxylation sites is 1. The van der Waals surface area contributed by atoms with E-state index < -0.39 is 20.6 Å². The third-order valence-corrected chi connectivity index (χ3v) is 5.20. The Bertz CT molecular complexity index is 863. The first-order valence-electron chi connectivity index (χ1n) is 7.45. The summed E-state index contributed by atoms with van der Waals surface area (Å²) in [6.45, 7) is 1.61. The van der Waals surface area contributed by atoms with E-state index in [0.29, 0.717) is 11.5 Å². The summed E-state index contributed by atoms with van der Waals surface area (Å²) in [5, 5.41) is 11.1. The van der Waals surface area contributed by atoms with Gasteiger partial charge in [0, 0.05) is 25.4 Å². The van der Waals surface area contributed by atoms with Crippen molar-refractivity contribution in [1.29, 1.82) is 0 Å². The molecular formula is C15H16N4O4S. The van der Waals surface area contributed by atoms with Crippen molar-refractivity contribution in [2.75, 3.05) is 22.7 Å². The number of aromatic nitrogens is 1. The Balaban J connectivity index is 1.98.